The number of anilines is 1. The Labute approximate surface area is 166 Å². The summed E-state index contributed by atoms with van der Waals surface area (Å²) < 4.78 is 16.4. The van der Waals surface area contributed by atoms with Gasteiger partial charge in [-0.2, -0.15) is 0 Å². The number of carbonyl (C=O) groups is 1. The van der Waals surface area contributed by atoms with Crippen LogP contribution in [0.1, 0.15) is 28.5 Å². The number of hydrogen-bond donors (Lipinski definition) is 0. The third kappa shape index (κ3) is 2.74. The van der Waals surface area contributed by atoms with Crippen molar-refractivity contribution in [1.82, 2.24) is 4.57 Å². The summed E-state index contributed by atoms with van der Waals surface area (Å²) in [7, 11) is 0. The van der Waals surface area contributed by atoms with Gasteiger partial charge >= 0.3 is 0 Å². The van der Waals surface area contributed by atoms with E-state index in [0.717, 1.165) is 27.9 Å². The molecule has 1 aliphatic heterocycles. The lowest BCUT2D eigenvalue weighted by Crippen LogP contribution is -2.37. The fourth-order valence-electron chi connectivity index (χ4n) is 4.10. The Morgan fingerprint density at radius 1 is 1.14 bits per heavy atom. The van der Waals surface area contributed by atoms with Crippen LogP contribution < -0.4 is 4.90 Å². The second-order valence-electron chi connectivity index (χ2n) is 7.27. The summed E-state index contributed by atoms with van der Waals surface area (Å²) in [5, 5.41) is 2.04. The van der Waals surface area contributed by atoms with Gasteiger partial charge in [0.2, 0.25) is 0 Å². The van der Waals surface area contributed by atoms with Crippen molar-refractivity contribution < 1.29 is 9.18 Å². The molecule has 2 aromatic heterocycles. The summed E-state index contributed by atoms with van der Waals surface area (Å²) in [6, 6.07) is 18.7. The van der Waals surface area contributed by atoms with E-state index in [-0.39, 0.29) is 17.8 Å². The van der Waals surface area contributed by atoms with Crippen LogP contribution in [0.15, 0.2) is 66.0 Å². The van der Waals surface area contributed by atoms with Crippen molar-refractivity contribution in [2.45, 2.75) is 25.9 Å². The van der Waals surface area contributed by atoms with E-state index in [1.54, 1.807) is 23.5 Å². The minimum absolute atomic E-state index is 0.0166. The highest BCUT2D eigenvalue weighted by Crippen LogP contribution is 2.35. The second kappa shape index (κ2) is 6.60. The van der Waals surface area contributed by atoms with Gasteiger partial charge in [0.15, 0.2) is 0 Å². The van der Waals surface area contributed by atoms with E-state index in [4.69, 9.17) is 0 Å². The molecule has 4 aromatic rings. The molecule has 1 atom stereocenters. The molecule has 0 radical (unpaired) electrons. The van der Waals surface area contributed by atoms with E-state index in [9.17, 15) is 9.18 Å². The monoisotopic (exact) mass is 390 g/mol. The number of aromatic nitrogens is 1. The zero-order valence-electron chi connectivity index (χ0n) is 15.4. The van der Waals surface area contributed by atoms with Gasteiger partial charge in [-0.1, -0.05) is 30.3 Å². The molecule has 140 valence electrons. The number of nitrogens with zero attached hydrogens (tertiary/aromatic N) is 2. The van der Waals surface area contributed by atoms with Crippen LogP contribution in [0.4, 0.5) is 10.1 Å². The molecule has 1 amide bonds. The zero-order chi connectivity index (χ0) is 19.3. The Hall–Kier alpha value is -2.92. The SMILES string of the molecule is C[C@H]1Cc2ccccc2N1C(=O)c1cc2sccc2n1Cc1ccc(F)cc1. The molecule has 0 saturated heterocycles. The first kappa shape index (κ1) is 17.2. The van der Waals surface area contributed by atoms with Crippen LogP contribution in [0.5, 0.6) is 0 Å². The largest absolute Gasteiger partial charge is 0.331 e. The number of amides is 1. The number of fused-ring (bicyclic) bond motifs is 2. The average molecular weight is 390 g/mol. The molecule has 0 bridgehead atoms. The molecule has 1 aliphatic rings. The number of carbonyl (C=O) groups excluding carboxylic acids is 1. The van der Waals surface area contributed by atoms with Gasteiger partial charge < -0.3 is 9.47 Å². The molecule has 0 saturated carbocycles. The second-order valence-corrected chi connectivity index (χ2v) is 8.22. The quantitative estimate of drug-likeness (QED) is 0.455. The lowest BCUT2D eigenvalue weighted by molar-refractivity contribution is 0.0973. The van der Waals surface area contributed by atoms with Crippen LogP contribution in [-0.2, 0) is 13.0 Å². The van der Waals surface area contributed by atoms with Gasteiger partial charge in [-0.25, -0.2) is 4.39 Å². The molecule has 5 heteroatoms. The zero-order valence-corrected chi connectivity index (χ0v) is 16.2. The molecule has 0 spiro atoms. The molecule has 0 N–H and O–H groups in total. The Kier molecular flexibility index (Phi) is 4.05. The number of hydrogen-bond acceptors (Lipinski definition) is 2. The molecule has 0 fully saturated rings. The lowest BCUT2D eigenvalue weighted by atomic mass is 10.1. The Balaban J connectivity index is 1.58. The van der Waals surface area contributed by atoms with Crippen molar-refractivity contribution in [3.8, 4) is 0 Å². The summed E-state index contributed by atoms with van der Waals surface area (Å²) >= 11 is 1.63. The van der Waals surface area contributed by atoms with Crippen molar-refractivity contribution in [3.63, 3.8) is 0 Å². The molecule has 3 heterocycles. The lowest BCUT2D eigenvalue weighted by Gasteiger charge is -2.23. The van der Waals surface area contributed by atoms with Crippen LogP contribution >= 0.6 is 11.3 Å². The predicted molar refractivity (Wildman–Crippen MR) is 112 cm³/mol. The Morgan fingerprint density at radius 3 is 2.75 bits per heavy atom. The van der Waals surface area contributed by atoms with Crippen LogP contribution in [0.2, 0.25) is 0 Å². The molecule has 28 heavy (non-hydrogen) atoms. The summed E-state index contributed by atoms with van der Waals surface area (Å²) in [5.74, 6) is -0.237. The van der Waals surface area contributed by atoms with Gasteiger partial charge in [0.1, 0.15) is 11.5 Å². The molecule has 3 nitrogen and oxygen atoms in total. The van der Waals surface area contributed by atoms with Crippen molar-refractivity contribution in [1.29, 1.82) is 0 Å². The fraction of sp³-hybridized carbons (Fsp3) is 0.174. The van der Waals surface area contributed by atoms with Crippen LogP contribution in [0.3, 0.4) is 0 Å². The summed E-state index contributed by atoms with van der Waals surface area (Å²) in [4.78, 5) is 15.5. The molecule has 2 aromatic carbocycles. The van der Waals surface area contributed by atoms with Crippen molar-refractivity contribution in [3.05, 3.63) is 88.7 Å². The number of rotatable bonds is 3. The molecular formula is C23H19FN2OS. The van der Waals surface area contributed by atoms with Gasteiger partial charge in [0, 0.05) is 18.3 Å². The highest BCUT2D eigenvalue weighted by Gasteiger charge is 2.33. The first-order valence-corrected chi connectivity index (χ1v) is 10.2. The third-order valence-corrected chi connectivity index (χ3v) is 6.27. The van der Waals surface area contributed by atoms with E-state index in [1.165, 1.54) is 17.7 Å². The van der Waals surface area contributed by atoms with Crippen molar-refractivity contribution in [2.24, 2.45) is 0 Å². The van der Waals surface area contributed by atoms with Crippen LogP contribution in [-0.4, -0.2) is 16.5 Å². The number of benzene rings is 2. The minimum Gasteiger partial charge on any atom is -0.331 e. The number of thiophene rings is 1. The fourth-order valence-corrected chi connectivity index (χ4v) is 4.92. The Bertz CT molecular complexity index is 1180. The topological polar surface area (TPSA) is 25.2 Å². The highest BCUT2D eigenvalue weighted by atomic mass is 32.1. The number of halogens is 1. The first-order chi connectivity index (χ1) is 13.6. The van der Waals surface area contributed by atoms with Crippen LogP contribution in [0.25, 0.3) is 10.2 Å². The Morgan fingerprint density at radius 2 is 1.93 bits per heavy atom. The van der Waals surface area contributed by atoms with Gasteiger partial charge in [-0.05, 0) is 60.2 Å². The summed E-state index contributed by atoms with van der Waals surface area (Å²) in [5.41, 5.74) is 4.89. The van der Waals surface area contributed by atoms with E-state index in [1.807, 2.05) is 40.6 Å². The highest BCUT2D eigenvalue weighted by molar-refractivity contribution is 7.17. The summed E-state index contributed by atoms with van der Waals surface area (Å²) in [6.07, 6.45) is 0.870. The van der Waals surface area contributed by atoms with Gasteiger partial charge in [-0.3, -0.25) is 4.79 Å². The van der Waals surface area contributed by atoms with Crippen molar-refractivity contribution >= 4 is 33.1 Å². The van der Waals surface area contributed by atoms with Crippen LogP contribution in [0, 0.1) is 5.82 Å². The molecule has 0 aliphatic carbocycles. The van der Waals surface area contributed by atoms with Crippen molar-refractivity contribution in [2.75, 3.05) is 4.90 Å². The predicted octanol–water partition coefficient (Wildman–Crippen LogP) is 5.48. The van der Waals surface area contributed by atoms with E-state index in [2.05, 4.69) is 17.6 Å². The van der Waals surface area contributed by atoms with Gasteiger partial charge in [0.05, 0.1) is 10.2 Å². The summed E-state index contributed by atoms with van der Waals surface area (Å²) in [6.45, 7) is 2.62. The van der Waals surface area contributed by atoms with Gasteiger partial charge in [0.25, 0.3) is 5.91 Å². The van der Waals surface area contributed by atoms with E-state index >= 15 is 0 Å². The molecule has 5 rings (SSSR count). The molecular weight excluding hydrogens is 371 g/mol. The standard InChI is InChI=1S/C23H19FN2OS/c1-15-12-17-4-2-3-5-19(17)26(15)23(27)21-13-22-20(10-11-28-22)25(21)14-16-6-8-18(24)9-7-16/h2-11,13,15H,12,14H2,1H3/t15-/m0/s1. The minimum atomic E-state index is -0.254. The maximum atomic E-state index is 13.6. The average Bonchev–Trinajstić information content (AvgIpc) is 3.36. The third-order valence-electron chi connectivity index (χ3n) is 5.42. The number of para-hydroxylation sites is 1. The smallest absolute Gasteiger partial charge is 0.275 e. The maximum Gasteiger partial charge on any atom is 0.275 e. The molecule has 0 unspecified atom stereocenters. The normalized spacial score (nSPS) is 15.9. The first-order valence-electron chi connectivity index (χ1n) is 9.34. The van der Waals surface area contributed by atoms with Gasteiger partial charge in [-0.15, -0.1) is 11.3 Å². The van der Waals surface area contributed by atoms with E-state index < -0.39 is 0 Å². The van der Waals surface area contributed by atoms with E-state index in [0.29, 0.717) is 12.2 Å². The maximum absolute atomic E-state index is 13.6.